The largest absolute Gasteiger partial charge is 0.496 e. The van der Waals surface area contributed by atoms with Gasteiger partial charge in [0.15, 0.2) is 5.78 Å². The van der Waals surface area contributed by atoms with Crippen LogP contribution in [0.4, 0.5) is 0 Å². The lowest BCUT2D eigenvalue weighted by Crippen LogP contribution is -2.43. The Morgan fingerprint density at radius 1 is 1.24 bits per heavy atom. The van der Waals surface area contributed by atoms with Gasteiger partial charge in [-0.2, -0.15) is 0 Å². The van der Waals surface area contributed by atoms with Gasteiger partial charge in [0.1, 0.15) is 23.2 Å². The second-order valence-corrected chi connectivity index (χ2v) is 7.78. The Labute approximate surface area is 170 Å². The summed E-state index contributed by atoms with van der Waals surface area (Å²) in [6, 6.07) is 4.02. The topological polar surface area (TPSA) is 82.1 Å². The van der Waals surface area contributed by atoms with Crippen LogP contribution < -0.4 is 9.47 Å². The Morgan fingerprint density at radius 2 is 2.00 bits per heavy atom. The highest BCUT2D eigenvalue weighted by Crippen LogP contribution is 2.45. The number of carboxylic acids is 1. The number of benzene rings is 1. The molecular weight excluding hydrogens is 372 g/mol. The third kappa shape index (κ3) is 3.57. The average Bonchev–Trinajstić information content (AvgIpc) is 2.75. The van der Waals surface area contributed by atoms with Gasteiger partial charge >= 0.3 is 5.97 Å². The predicted octanol–water partition coefficient (Wildman–Crippen LogP) is 3.57. The molecule has 1 N–H and O–H groups in total. The molecule has 6 heteroatoms. The summed E-state index contributed by atoms with van der Waals surface area (Å²) in [5.74, 6) is 0.184. The van der Waals surface area contributed by atoms with E-state index in [4.69, 9.17) is 14.2 Å². The number of hydrogen-bond acceptors (Lipinski definition) is 5. The van der Waals surface area contributed by atoms with E-state index in [9.17, 15) is 14.7 Å². The van der Waals surface area contributed by atoms with Gasteiger partial charge in [-0.1, -0.05) is 6.92 Å². The molecule has 0 radical (unpaired) electrons. The fourth-order valence-corrected chi connectivity index (χ4v) is 4.30. The van der Waals surface area contributed by atoms with Gasteiger partial charge < -0.3 is 19.3 Å². The van der Waals surface area contributed by atoms with Crippen molar-refractivity contribution in [3.8, 4) is 11.5 Å². The molecule has 0 spiro atoms. The molecule has 3 aliphatic rings. The number of rotatable bonds is 4. The Hall–Kier alpha value is -2.60. The van der Waals surface area contributed by atoms with E-state index in [1.54, 1.807) is 13.2 Å². The maximum Gasteiger partial charge on any atom is 0.339 e. The third-order valence-corrected chi connectivity index (χ3v) is 6.00. The highest BCUT2D eigenvalue weighted by molar-refractivity contribution is 6.17. The number of Topliss-reactive ketones (excluding diaryl/α,β-unsaturated/α-hetero) is 1. The van der Waals surface area contributed by atoms with Crippen molar-refractivity contribution in [2.75, 3.05) is 20.3 Å². The number of aliphatic carboxylic acids is 1. The summed E-state index contributed by atoms with van der Waals surface area (Å²) in [5.41, 5.74) is 3.79. The van der Waals surface area contributed by atoms with E-state index in [2.05, 4.69) is 13.0 Å². The first-order chi connectivity index (χ1) is 14.0. The predicted molar refractivity (Wildman–Crippen MR) is 107 cm³/mol. The Bertz CT molecular complexity index is 906. The zero-order chi connectivity index (χ0) is 20.5. The summed E-state index contributed by atoms with van der Waals surface area (Å²) in [4.78, 5) is 24.3. The van der Waals surface area contributed by atoms with Gasteiger partial charge in [0, 0.05) is 24.0 Å². The molecule has 154 valence electrons. The lowest BCUT2D eigenvalue weighted by Gasteiger charge is -2.39. The van der Waals surface area contributed by atoms with Crippen molar-refractivity contribution in [3.63, 3.8) is 0 Å². The zero-order valence-corrected chi connectivity index (χ0v) is 16.8. The Morgan fingerprint density at radius 3 is 2.62 bits per heavy atom. The van der Waals surface area contributed by atoms with Crippen LogP contribution in [0.15, 0.2) is 29.4 Å². The first-order valence-corrected chi connectivity index (χ1v) is 10.2. The van der Waals surface area contributed by atoms with Gasteiger partial charge in [0.2, 0.25) is 0 Å². The number of allylic oxidation sites excluding steroid dienone is 1. The standard InChI is InChI=1S/C23H26O6/c1-3-13-8-16-15-6-4-5-7-19(24)18(23(25)26)9-17(15)22(14-11-28-12-14)29-21(16)10-20(13)27-2/h8-10,14,22H,3-7,11-12H2,1-2H3,(H,25,26)/b18-9+. The van der Waals surface area contributed by atoms with Crippen LogP contribution in [-0.4, -0.2) is 43.3 Å². The molecule has 1 fully saturated rings. The Balaban J connectivity index is 1.93. The van der Waals surface area contributed by atoms with Crippen LogP contribution in [0.25, 0.3) is 5.57 Å². The van der Waals surface area contributed by atoms with E-state index in [-0.39, 0.29) is 29.8 Å². The SMILES string of the molecule is CCc1cc2c(cc1OC)OC(C1COC1)C1=C2CCCCC(=O)/C(C(=O)O)=C\1. The van der Waals surface area contributed by atoms with E-state index in [1.165, 1.54) is 0 Å². The van der Waals surface area contributed by atoms with Crippen molar-refractivity contribution < 1.29 is 28.9 Å². The van der Waals surface area contributed by atoms with Crippen molar-refractivity contribution in [1.29, 1.82) is 0 Å². The quantitative estimate of drug-likeness (QED) is 0.781. The number of ether oxygens (including phenoxy) is 3. The van der Waals surface area contributed by atoms with Crippen LogP contribution in [-0.2, 0) is 20.7 Å². The van der Waals surface area contributed by atoms with Gasteiger partial charge in [-0.3, -0.25) is 4.79 Å². The molecule has 0 amide bonds. The molecule has 4 rings (SSSR count). The average molecular weight is 398 g/mol. The van der Waals surface area contributed by atoms with E-state index in [0.717, 1.165) is 53.0 Å². The minimum absolute atomic E-state index is 0.132. The molecule has 1 unspecified atom stereocenters. The van der Waals surface area contributed by atoms with Gasteiger partial charge in [0.25, 0.3) is 0 Å². The normalized spacial score (nSPS) is 24.0. The molecule has 1 aliphatic carbocycles. The minimum atomic E-state index is -1.18. The molecule has 1 atom stereocenters. The van der Waals surface area contributed by atoms with E-state index in [1.807, 2.05) is 6.07 Å². The van der Waals surface area contributed by atoms with Crippen LogP contribution in [0.1, 0.15) is 43.7 Å². The number of ketones is 1. The third-order valence-electron chi connectivity index (χ3n) is 6.00. The van der Waals surface area contributed by atoms with Crippen LogP contribution >= 0.6 is 0 Å². The van der Waals surface area contributed by atoms with E-state index in [0.29, 0.717) is 19.6 Å². The summed E-state index contributed by atoms with van der Waals surface area (Å²) in [5, 5.41) is 9.66. The second-order valence-electron chi connectivity index (χ2n) is 7.78. The molecule has 29 heavy (non-hydrogen) atoms. The molecule has 0 bridgehead atoms. The number of carboxylic acid groups (broad SMARTS) is 1. The lowest BCUT2D eigenvalue weighted by molar-refractivity contribution is -0.134. The fraction of sp³-hybridized carbons (Fsp3) is 0.478. The number of carbonyl (C=O) groups excluding carboxylic acids is 1. The van der Waals surface area contributed by atoms with Crippen molar-refractivity contribution in [2.24, 2.45) is 5.92 Å². The lowest BCUT2D eigenvalue weighted by atomic mass is 9.82. The van der Waals surface area contributed by atoms with E-state index < -0.39 is 5.97 Å². The molecule has 1 saturated heterocycles. The monoisotopic (exact) mass is 398 g/mol. The zero-order valence-electron chi connectivity index (χ0n) is 16.8. The molecule has 2 aliphatic heterocycles. The number of carbonyl (C=O) groups is 2. The van der Waals surface area contributed by atoms with Crippen LogP contribution in [0.5, 0.6) is 11.5 Å². The number of hydrogen-bond donors (Lipinski definition) is 1. The highest BCUT2D eigenvalue weighted by atomic mass is 16.5. The number of methoxy groups -OCH3 is 1. The van der Waals surface area contributed by atoms with Crippen molar-refractivity contribution in [3.05, 3.63) is 40.5 Å². The molecule has 6 nitrogen and oxygen atoms in total. The van der Waals surface area contributed by atoms with Crippen LogP contribution in [0.3, 0.4) is 0 Å². The molecule has 0 saturated carbocycles. The summed E-state index contributed by atoms with van der Waals surface area (Å²) < 4.78 is 17.3. The minimum Gasteiger partial charge on any atom is -0.496 e. The van der Waals surface area contributed by atoms with Gasteiger partial charge in [0.05, 0.1) is 20.3 Å². The number of fused-ring (bicyclic) bond motifs is 2. The number of aryl methyl sites for hydroxylation is 1. The summed E-state index contributed by atoms with van der Waals surface area (Å²) in [7, 11) is 1.65. The fourth-order valence-electron chi connectivity index (χ4n) is 4.30. The van der Waals surface area contributed by atoms with Gasteiger partial charge in [-0.15, -0.1) is 0 Å². The molecule has 2 heterocycles. The van der Waals surface area contributed by atoms with E-state index >= 15 is 0 Å². The summed E-state index contributed by atoms with van der Waals surface area (Å²) >= 11 is 0. The maximum absolute atomic E-state index is 12.5. The summed E-state index contributed by atoms with van der Waals surface area (Å²) in [6.45, 7) is 3.19. The molecule has 1 aromatic rings. The van der Waals surface area contributed by atoms with Crippen LogP contribution in [0, 0.1) is 5.92 Å². The van der Waals surface area contributed by atoms with Crippen LogP contribution in [0.2, 0.25) is 0 Å². The van der Waals surface area contributed by atoms with Gasteiger partial charge in [-0.05, 0) is 54.5 Å². The smallest absolute Gasteiger partial charge is 0.339 e. The summed E-state index contributed by atoms with van der Waals surface area (Å²) in [6.07, 6.45) is 4.58. The van der Waals surface area contributed by atoms with Crippen molar-refractivity contribution >= 4 is 17.3 Å². The van der Waals surface area contributed by atoms with Gasteiger partial charge in [-0.25, -0.2) is 4.79 Å². The highest BCUT2D eigenvalue weighted by Gasteiger charge is 2.38. The second kappa shape index (κ2) is 8.03. The molecule has 0 aromatic heterocycles. The first kappa shape index (κ1) is 19.7. The Kier molecular flexibility index (Phi) is 5.46. The molecule has 1 aromatic carbocycles. The first-order valence-electron chi connectivity index (χ1n) is 10.2. The van der Waals surface area contributed by atoms with Crippen molar-refractivity contribution in [2.45, 2.75) is 45.1 Å². The maximum atomic E-state index is 12.5. The van der Waals surface area contributed by atoms with Crippen molar-refractivity contribution in [1.82, 2.24) is 0 Å². The molecular formula is C23H26O6.